The van der Waals surface area contributed by atoms with Crippen LogP contribution >= 0.6 is 0 Å². The molecule has 9 heteroatoms. The molecular formula is C20H22N8O. The standard InChI is InChI=1S/C20H22N8O/c1-27-17(5-8-22-27)24-20-21-7-4-16(23-20)14-6-9-28-18(11-14)25-26-19(28)12-15(29)10-13-2-3-13/h4-9,11,13,15,29H,2-3,10,12H2,1H3,(H,21,23,24). The molecule has 0 aromatic carbocycles. The molecule has 9 nitrogen and oxygen atoms in total. The number of aryl methyl sites for hydroxylation is 1. The SMILES string of the molecule is Cn1nccc1Nc1nccc(-c2ccn3c(CC(O)CC4CC4)nnc3c2)n1. The molecule has 4 aromatic heterocycles. The fourth-order valence-electron chi connectivity index (χ4n) is 3.46. The van der Waals surface area contributed by atoms with E-state index in [0.717, 1.165) is 35.0 Å². The summed E-state index contributed by atoms with van der Waals surface area (Å²) in [7, 11) is 1.85. The monoisotopic (exact) mass is 390 g/mol. The van der Waals surface area contributed by atoms with Gasteiger partial charge < -0.3 is 10.4 Å². The summed E-state index contributed by atoms with van der Waals surface area (Å²) in [5, 5.41) is 26.1. The summed E-state index contributed by atoms with van der Waals surface area (Å²) in [6, 6.07) is 7.64. The van der Waals surface area contributed by atoms with Crippen molar-refractivity contribution >= 4 is 17.4 Å². The Bertz CT molecular complexity index is 1150. The Morgan fingerprint density at radius 3 is 2.90 bits per heavy atom. The molecule has 1 aliphatic carbocycles. The maximum atomic E-state index is 10.3. The van der Waals surface area contributed by atoms with Gasteiger partial charge in [-0.1, -0.05) is 12.8 Å². The molecule has 1 saturated carbocycles. The minimum absolute atomic E-state index is 0.364. The van der Waals surface area contributed by atoms with E-state index in [1.165, 1.54) is 12.8 Å². The van der Waals surface area contributed by atoms with Gasteiger partial charge in [-0.25, -0.2) is 9.97 Å². The fourth-order valence-corrected chi connectivity index (χ4v) is 3.46. The van der Waals surface area contributed by atoms with Crippen LogP contribution < -0.4 is 5.32 Å². The Morgan fingerprint density at radius 2 is 2.10 bits per heavy atom. The van der Waals surface area contributed by atoms with E-state index in [4.69, 9.17) is 0 Å². The van der Waals surface area contributed by atoms with Gasteiger partial charge in [0.1, 0.15) is 11.6 Å². The molecule has 0 bridgehead atoms. The van der Waals surface area contributed by atoms with Crippen LogP contribution in [0.15, 0.2) is 42.9 Å². The lowest BCUT2D eigenvalue weighted by atomic mass is 10.1. The van der Waals surface area contributed by atoms with E-state index in [9.17, 15) is 5.11 Å². The molecule has 0 spiro atoms. The van der Waals surface area contributed by atoms with Crippen LogP contribution in [-0.2, 0) is 13.5 Å². The van der Waals surface area contributed by atoms with Gasteiger partial charge >= 0.3 is 0 Å². The third-order valence-electron chi connectivity index (χ3n) is 5.21. The van der Waals surface area contributed by atoms with Crippen molar-refractivity contribution in [1.29, 1.82) is 0 Å². The van der Waals surface area contributed by atoms with Crippen molar-refractivity contribution in [2.24, 2.45) is 13.0 Å². The Morgan fingerprint density at radius 1 is 1.21 bits per heavy atom. The highest BCUT2D eigenvalue weighted by atomic mass is 16.3. The van der Waals surface area contributed by atoms with E-state index in [0.29, 0.717) is 18.3 Å². The number of hydrogen-bond acceptors (Lipinski definition) is 7. The van der Waals surface area contributed by atoms with Gasteiger partial charge in [0.05, 0.1) is 18.0 Å². The first-order valence-corrected chi connectivity index (χ1v) is 9.76. The lowest BCUT2D eigenvalue weighted by molar-refractivity contribution is 0.155. The van der Waals surface area contributed by atoms with Gasteiger partial charge in [-0.3, -0.25) is 9.08 Å². The zero-order valence-corrected chi connectivity index (χ0v) is 16.1. The van der Waals surface area contributed by atoms with Crippen molar-refractivity contribution in [2.45, 2.75) is 31.8 Å². The van der Waals surface area contributed by atoms with Crippen LogP contribution in [-0.4, -0.2) is 45.6 Å². The van der Waals surface area contributed by atoms with E-state index >= 15 is 0 Å². The van der Waals surface area contributed by atoms with Gasteiger partial charge in [0.15, 0.2) is 5.65 Å². The maximum Gasteiger partial charge on any atom is 0.228 e. The average molecular weight is 390 g/mol. The van der Waals surface area contributed by atoms with Crippen molar-refractivity contribution in [3.05, 3.63) is 48.7 Å². The quantitative estimate of drug-likeness (QED) is 0.499. The van der Waals surface area contributed by atoms with Crippen LogP contribution in [0.3, 0.4) is 0 Å². The molecule has 1 fully saturated rings. The predicted octanol–water partition coefficient (Wildman–Crippen LogP) is 2.37. The van der Waals surface area contributed by atoms with E-state index in [1.807, 2.05) is 41.9 Å². The first kappa shape index (κ1) is 17.7. The summed E-state index contributed by atoms with van der Waals surface area (Å²) < 4.78 is 3.65. The zero-order valence-electron chi connectivity index (χ0n) is 16.1. The maximum absolute atomic E-state index is 10.3. The van der Waals surface area contributed by atoms with Gasteiger partial charge in [-0.15, -0.1) is 10.2 Å². The zero-order chi connectivity index (χ0) is 19.8. The number of anilines is 2. The first-order valence-electron chi connectivity index (χ1n) is 9.76. The van der Waals surface area contributed by atoms with E-state index in [2.05, 4.69) is 30.6 Å². The van der Waals surface area contributed by atoms with Crippen LogP contribution in [0.25, 0.3) is 16.9 Å². The molecular weight excluding hydrogens is 368 g/mol. The number of hydrogen-bond donors (Lipinski definition) is 2. The number of nitrogens with zero attached hydrogens (tertiary/aromatic N) is 7. The second-order valence-electron chi connectivity index (χ2n) is 7.53. The van der Waals surface area contributed by atoms with Gasteiger partial charge in [0, 0.05) is 37.5 Å². The molecule has 29 heavy (non-hydrogen) atoms. The van der Waals surface area contributed by atoms with E-state index in [1.54, 1.807) is 17.1 Å². The highest BCUT2D eigenvalue weighted by Gasteiger charge is 2.25. The highest BCUT2D eigenvalue weighted by Crippen LogP contribution is 2.34. The third-order valence-corrected chi connectivity index (χ3v) is 5.21. The first-order chi connectivity index (χ1) is 14.2. The second kappa shape index (κ2) is 7.25. The smallest absolute Gasteiger partial charge is 0.228 e. The van der Waals surface area contributed by atoms with E-state index in [-0.39, 0.29) is 6.10 Å². The van der Waals surface area contributed by atoms with Gasteiger partial charge in [0.2, 0.25) is 5.95 Å². The number of aliphatic hydroxyl groups excluding tert-OH is 1. The summed E-state index contributed by atoms with van der Waals surface area (Å²) in [4.78, 5) is 8.88. The number of aromatic nitrogens is 7. The van der Waals surface area contributed by atoms with Crippen molar-refractivity contribution < 1.29 is 5.11 Å². The molecule has 4 heterocycles. The summed E-state index contributed by atoms with van der Waals surface area (Å²) in [5.74, 6) is 2.77. The van der Waals surface area contributed by atoms with Crippen molar-refractivity contribution in [2.75, 3.05) is 5.32 Å². The van der Waals surface area contributed by atoms with Gasteiger partial charge in [0.25, 0.3) is 0 Å². The minimum Gasteiger partial charge on any atom is -0.393 e. The van der Waals surface area contributed by atoms with Crippen LogP contribution in [0, 0.1) is 5.92 Å². The topological polar surface area (TPSA) is 106 Å². The van der Waals surface area contributed by atoms with Gasteiger partial charge in [-0.05, 0) is 30.5 Å². The molecule has 2 N–H and O–H groups in total. The Balaban J connectivity index is 1.37. The molecule has 0 radical (unpaired) electrons. The lowest BCUT2D eigenvalue weighted by Gasteiger charge is -2.09. The Hall–Kier alpha value is -3.33. The number of rotatable bonds is 7. The minimum atomic E-state index is -0.364. The van der Waals surface area contributed by atoms with Crippen LogP contribution in [0.2, 0.25) is 0 Å². The summed E-state index contributed by atoms with van der Waals surface area (Å²) in [6.07, 6.45) is 8.83. The fraction of sp³-hybridized carbons (Fsp3) is 0.350. The summed E-state index contributed by atoms with van der Waals surface area (Å²) >= 11 is 0. The molecule has 0 saturated heterocycles. The normalized spacial score (nSPS) is 15.0. The highest BCUT2D eigenvalue weighted by molar-refractivity contribution is 5.65. The number of nitrogens with one attached hydrogen (secondary N) is 1. The summed E-state index contributed by atoms with van der Waals surface area (Å²) in [5.41, 5.74) is 2.44. The lowest BCUT2D eigenvalue weighted by Crippen LogP contribution is -2.13. The van der Waals surface area contributed by atoms with Crippen LogP contribution in [0.1, 0.15) is 25.1 Å². The molecule has 1 atom stereocenters. The Labute approximate surface area is 167 Å². The molecule has 148 valence electrons. The van der Waals surface area contributed by atoms with Crippen molar-refractivity contribution in [3.63, 3.8) is 0 Å². The second-order valence-corrected chi connectivity index (χ2v) is 7.53. The van der Waals surface area contributed by atoms with Crippen molar-refractivity contribution in [3.8, 4) is 11.3 Å². The average Bonchev–Trinajstić information content (AvgIpc) is 3.31. The largest absolute Gasteiger partial charge is 0.393 e. The Kier molecular flexibility index (Phi) is 4.44. The van der Waals surface area contributed by atoms with Crippen molar-refractivity contribution in [1.82, 2.24) is 34.3 Å². The number of pyridine rings is 1. The van der Waals surface area contributed by atoms with Crippen LogP contribution in [0.5, 0.6) is 0 Å². The molecule has 4 aromatic rings. The van der Waals surface area contributed by atoms with Gasteiger partial charge in [-0.2, -0.15) is 5.10 Å². The molecule has 5 rings (SSSR count). The third kappa shape index (κ3) is 3.81. The number of fused-ring (bicyclic) bond motifs is 1. The molecule has 0 aliphatic heterocycles. The molecule has 1 unspecified atom stereocenters. The number of aliphatic hydroxyl groups is 1. The molecule has 0 amide bonds. The van der Waals surface area contributed by atoms with E-state index < -0.39 is 0 Å². The summed E-state index contributed by atoms with van der Waals surface area (Å²) in [6.45, 7) is 0. The van der Waals surface area contributed by atoms with Crippen LogP contribution in [0.4, 0.5) is 11.8 Å². The predicted molar refractivity (Wildman–Crippen MR) is 108 cm³/mol. The molecule has 1 aliphatic rings.